The summed E-state index contributed by atoms with van der Waals surface area (Å²) in [6.45, 7) is 2.92. The van der Waals surface area contributed by atoms with Crippen molar-refractivity contribution in [3.05, 3.63) is 35.9 Å². The highest BCUT2D eigenvalue weighted by molar-refractivity contribution is 5.80. The van der Waals surface area contributed by atoms with Crippen molar-refractivity contribution in [3.8, 4) is 0 Å². The summed E-state index contributed by atoms with van der Waals surface area (Å²) >= 11 is 0. The minimum Gasteiger partial charge on any atom is -0.480 e. The molecule has 2 atom stereocenters. The second-order valence-corrected chi connectivity index (χ2v) is 5.28. The molecule has 0 bridgehead atoms. The van der Waals surface area contributed by atoms with Gasteiger partial charge in [-0.05, 0) is 12.0 Å². The number of amides is 1. The Morgan fingerprint density at radius 1 is 1.32 bits per heavy atom. The Labute approximate surface area is 129 Å². The van der Waals surface area contributed by atoms with Crippen molar-refractivity contribution in [3.63, 3.8) is 0 Å². The van der Waals surface area contributed by atoms with Crippen LogP contribution in [0.15, 0.2) is 30.3 Å². The lowest BCUT2D eigenvalue weighted by Crippen LogP contribution is -2.40. The fourth-order valence-electron chi connectivity index (χ4n) is 2.44. The highest BCUT2D eigenvalue weighted by Crippen LogP contribution is 2.22. The molecule has 1 aromatic carbocycles. The number of hydrogen-bond acceptors (Lipinski definition) is 4. The van der Waals surface area contributed by atoms with Crippen molar-refractivity contribution in [1.29, 1.82) is 0 Å². The van der Waals surface area contributed by atoms with Crippen molar-refractivity contribution in [2.45, 2.75) is 38.5 Å². The Bertz CT molecular complexity index is 505. The predicted molar refractivity (Wildman–Crippen MR) is 79.4 cm³/mol. The number of likely N-dealkylation sites (tertiary alicyclic amines) is 1. The number of carboxylic acids is 1. The highest BCUT2D eigenvalue weighted by Gasteiger charge is 2.41. The molecule has 1 N–H and O–H groups in total. The zero-order valence-electron chi connectivity index (χ0n) is 12.6. The van der Waals surface area contributed by atoms with Gasteiger partial charge in [0.05, 0.1) is 12.6 Å². The smallest absolute Gasteiger partial charge is 0.410 e. The quantitative estimate of drug-likeness (QED) is 0.872. The van der Waals surface area contributed by atoms with Crippen molar-refractivity contribution in [2.24, 2.45) is 0 Å². The van der Waals surface area contributed by atoms with Gasteiger partial charge in [-0.3, -0.25) is 4.90 Å². The number of hydrogen-bond donors (Lipinski definition) is 1. The summed E-state index contributed by atoms with van der Waals surface area (Å²) in [4.78, 5) is 24.7. The lowest BCUT2D eigenvalue weighted by atomic mass is 10.2. The summed E-state index contributed by atoms with van der Waals surface area (Å²) in [5, 5.41) is 9.26. The van der Waals surface area contributed by atoms with Crippen LogP contribution in [-0.2, 0) is 20.9 Å². The first-order valence-electron chi connectivity index (χ1n) is 7.43. The normalized spacial score (nSPS) is 20.9. The lowest BCUT2D eigenvalue weighted by Gasteiger charge is -2.20. The topological polar surface area (TPSA) is 76.1 Å². The Morgan fingerprint density at radius 3 is 2.68 bits per heavy atom. The lowest BCUT2D eigenvalue weighted by molar-refractivity contribution is -0.141. The number of rotatable bonds is 6. The van der Waals surface area contributed by atoms with Gasteiger partial charge in [-0.1, -0.05) is 37.3 Å². The van der Waals surface area contributed by atoms with Crippen LogP contribution >= 0.6 is 0 Å². The van der Waals surface area contributed by atoms with E-state index in [1.165, 1.54) is 4.90 Å². The Balaban J connectivity index is 1.92. The molecule has 22 heavy (non-hydrogen) atoms. The van der Waals surface area contributed by atoms with Crippen molar-refractivity contribution in [1.82, 2.24) is 4.90 Å². The molecule has 6 nitrogen and oxygen atoms in total. The largest absolute Gasteiger partial charge is 0.480 e. The van der Waals surface area contributed by atoms with Crippen LogP contribution in [0, 0.1) is 0 Å². The van der Waals surface area contributed by atoms with E-state index in [9.17, 15) is 14.7 Å². The van der Waals surface area contributed by atoms with Crippen LogP contribution in [-0.4, -0.2) is 47.4 Å². The minimum absolute atomic E-state index is 0.128. The van der Waals surface area contributed by atoms with Gasteiger partial charge in [0.2, 0.25) is 0 Å². The SMILES string of the molecule is CCCO[C@@H]1C[C@@H](C(=O)O)N(C(=O)OCc2ccccc2)C1. The molecule has 0 unspecified atom stereocenters. The molecule has 1 amide bonds. The molecule has 1 aliphatic heterocycles. The summed E-state index contributed by atoms with van der Waals surface area (Å²) in [6, 6.07) is 8.40. The zero-order chi connectivity index (χ0) is 15.9. The standard InChI is InChI=1S/C16H21NO5/c1-2-8-21-13-9-14(15(18)19)17(10-13)16(20)22-11-12-6-4-3-5-7-12/h3-7,13-14H,2,8-11H2,1H3,(H,18,19)/t13-,14+/m1/s1. The Hall–Kier alpha value is -2.08. The number of nitrogens with zero attached hydrogens (tertiary/aromatic N) is 1. The first-order valence-corrected chi connectivity index (χ1v) is 7.43. The maximum Gasteiger partial charge on any atom is 0.410 e. The van der Waals surface area contributed by atoms with E-state index in [0.29, 0.717) is 13.0 Å². The molecule has 1 saturated heterocycles. The molecular formula is C16H21NO5. The highest BCUT2D eigenvalue weighted by atomic mass is 16.6. The molecule has 120 valence electrons. The van der Waals surface area contributed by atoms with Gasteiger partial charge < -0.3 is 14.6 Å². The number of carboxylic acid groups (broad SMARTS) is 1. The van der Waals surface area contributed by atoms with E-state index in [4.69, 9.17) is 9.47 Å². The van der Waals surface area contributed by atoms with Crippen LogP contribution in [0.1, 0.15) is 25.3 Å². The molecule has 0 radical (unpaired) electrons. The van der Waals surface area contributed by atoms with Gasteiger partial charge in [-0.2, -0.15) is 0 Å². The van der Waals surface area contributed by atoms with E-state index in [-0.39, 0.29) is 19.3 Å². The van der Waals surface area contributed by atoms with Crippen LogP contribution in [0.5, 0.6) is 0 Å². The van der Waals surface area contributed by atoms with Gasteiger partial charge in [-0.25, -0.2) is 9.59 Å². The second-order valence-electron chi connectivity index (χ2n) is 5.28. The molecule has 0 aliphatic carbocycles. The second kappa shape index (κ2) is 7.79. The zero-order valence-corrected chi connectivity index (χ0v) is 12.6. The average molecular weight is 307 g/mol. The molecule has 2 rings (SSSR count). The van der Waals surface area contributed by atoms with Crippen LogP contribution in [0.2, 0.25) is 0 Å². The molecular weight excluding hydrogens is 286 g/mol. The first-order chi connectivity index (χ1) is 10.6. The Kier molecular flexibility index (Phi) is 5.77. The van der Waals surface area contributed by atoms with Crippen molar-refractivity contribution < 1.29 is 24.2 Å². The summed E-state index contributed by atoms with van der Waals surface area (Å²) in [6.07, 6.45) is 0.298. The summed E-state index contributed by atoms with van der Waals surface area (Å²) in [7, 11) is 0. The van der Waals surface area contributed by atoms with E-state index < -0.39 is 18.1 Å². The third-order valence-electron chi connectivity index (χ3n) is 3.55. The number of ether oxygens (including phenoxy) is 2. The molecule has 1 aliphatic rings. The van der Waals surface area contributed by atoms with Gasteiger partial charge in [-0.15, -0.1) is 0 Å². The maximum absolute atomic E-state index is 12.1. The minimum atomic E-state index is -1.03. The molecule has 1 aromatic rings. The van der Waals surface area contributed by atoms with Crippen molar-refractivity contribution in [2.75, 3.05) is 13.2 Å². The summed E-state index contributed by atoms with van der Waals surface area (Å²) in [5.74, 6) is -1.03. The third-order valence-corrected chi connectivity index (χ3v) is 3.55. The number of aliphatic carboxylic acids is 1. The van der Waals surface area contributed by atoms with Gasteiger partial charge in [0.15, 0.2) is 0 Å². The van der Waals surface area contributed by atoms with Crippen LogP contribution in [0.4, 0.5) is 4.79 Å². The van der Waals surface area contributed by atoms with Crippen LogP contribution in [0.25, 0.3) is 0 Å². The van der Waals surface area contributed by atoms with Gasteiger partial charge in [0.25, 0.3) is 0 Å². The van der Waals surface area contributed by atoms with E-state index in [1.807, 2.05) is 37.3 Å². The fourth-order valence-corrected chi connectivity index (χ4v) is 2.44. The van der Waals surface area contributed by atoms with Crippen LogP contribution in [0.3, 0.4) is 0 Å². The monoisotopic (exact) mass is 307 g/mol. The number of benzene rings is 1. The third kappa shape index (κ3) is 4.21. The van der Waals surface area contributed by atoms with E-state index in [2.05, 4.69) is 0 Å². The molecule has 0 saturated carbocycles. The molecule has 6 heteroatoms. The van der Waals surface area contributed by atoms with E-state index in [1.54, 1.807) is 0 Å². The Morgan fingerprint density at radius 2 is 2.05 bits per heavy atom. The van der Waals surface area contributed by atoms with Gasteiger partial charge in [0, 0.05) is 13.0 Å². The van der Waals surface area contributed by atoms with E-state index in [0.717, 1.165) is 12.0 Å². The van der Waals surface area contributed by atoms with Crippen LogP contribution < -0.4 is 0 Å². The summed E-state index contributed by atoms with van der Waals surface area (Å²) < 4.78 is 10.8. The van der Waals surface area contributed by atoms with Crippen molar-refractivity contribution >= 4 is 12.1 Å². The molecule has 1 heterocycles. The maximum atomic E-state index is 12.1. The molecule has 1 fully saturated rings. The van der Waals surface area contributed by atoms with Gasteiger partial charge >= 0.3 is 12.1 Å². The molecule has 0 aromatic heterocycles. The fraction of sp³-hybridized carbons (Fsp3) is 0.500. The number of carbonyl (C=O) groups is 2. The average Bonchev–Trinajstić information content (AvgIpc) is 2.96. The number of carbonyl (C=O) groups excluding carboxylic acids is 1. The predicted octanol–water partition coefficient (Wildman–Crippen LogP) is 2.28. The van der Waals surface area contributed by atoms with Gasteiger partial charge in [0.1, 0.15) is 12.6 Å². The first kappa shape index (κ1) is 16.3. The molecule has 0 spiro atoms. The summed E-state index contributed by atoms with van der Waals surface area (Å²) in [5.41, 5.74) is 0.862. The van der Waals surface area contributed by atoms with E-state index >= 15 is 0 Å².